The maximum Gasteiger partial charge on any atom is 0.264 e. The molecule has 0 fully saturated rings. The molecule has 0 unspecified atom stereocenters. The van der Waals surface area contributed by atoms with E-state index >= 15 is 0 Å². The number of carbonyl (C=O) groups is 1. The van der Waals surface area contributed by atoms with Crippen LogP contribution in [-0.4, -0.2) is 31.7 Å². The first kappa shape index (κ1) is 27.2. The van der Waals surface area contributed by atoms with Crippen LogP contribution in [0.1, 0.15) is 28.1 Å². The number of sulfonamides is 1. The van der Waals surface area contributed by atoms with Crippen molar-refractivity contribution in [1.82, 2.24) is 9.99 Å². The normalized spacial score (nSPS) is 11.6. The summed E-state index contributed by atoms with van der Waals surface area (Å²) in [6.45, 7) is 7.31. The molecule has 0 radical (unpaired) electrons. The van der Waals surface area contributed by atoms with Crippen molar-refractivity contribution in [1.29, 1.82) is 0 Å². The van der Waals surface area contributed by atoms with Crippen LogP contribution in [0, 0.1) is 27.7 Å². The van der Waals surface area contributed by atoms with E-state index in [0.717, 1.165) is 38.1 Å². The molecular formula is C29H29ClN4O3S. The molecule has 0 aliphatic heterocycles. The van der Waals surface area contributed by atoms with Crippen LogP contribution in [0.4, 0.5) is 5.69 Å². The molecule has 0 atom stereocenters. The monoisotopic (exact) mass is 548 g/mol. The molecule has 0 spiro atoms. The van der Waals surface area contributed by atoms with Crippen LogP contribution >= 0.6 is 11.6 Å². The topological polar surface area (TPSA) is 83.8 Å². The van der Waals surface area contributed by atoms with E-state index in [1.165, 1.54) is 12.1 Å². The minimum Gasteiger partial charge on any atom is -0.316 e. The summed E-state index contributed by atoms with van der Waals surface area (Å²) in [4.78, 5) is 13.0. The number of hydrogen-bond donors (Lipinski definition) is 1. The van der Waals surface area contributed by atoms with Gasteiger partial charge in [0.15, 0.2) is 0 Å². The SMILES string of the molecule is Cc1ccc(N(CC(=O)N/N=C\c2cc(C)n(-c3ccccc3Cl)c2C)S(=O)(=O)c2ccccc2)cc1C. The molecule has 1 amide bonds. The van der Waals surface area contributed by atoms with Gasteiger partial charge in [0.05, 0.1) is 27.5 Å². The number of aromatic nitrogens is 1. The van der Waals surface area contributed by atoms with Gasteiger partial charge in [-0.05, 0) is 81.3 Å². The summed E-state index contributed by atoms with van der Waals surface area (Å²) < 4.78 is 30.1. The fourth-order valence-electron chi connectivity index (χ4n) is 4.18. The van der Waals surface area contributed by atoms with Crippen LogP contribution < -0.4 is 9.73 Å². The third kappa shape index (κ3) is 5.66. The average Bonchev–Trinajstić information content (AvgIpc) is 3.17. The van der Waals surface area contributed by atoms with Crippen molar-refractivity contribution in [2.75, 3.05) is 10.8 Å². The molecule has 1 aromatic heterocycles. The molecule has 1 heterocycles. The summed E-state index contributed by atoms with van der Waals surface area (Å²) in [7, 11) is -3.99. The largest absolute Gasteiger partial charge is 0.316 e. The van der Waals surface area contributed by atoms with E-state index in [0.29, 0.717) is 10.7 Å². The first-order valence-corrected chi connectivity index (χ1v) is 13.8. The summed E-state index contributed by atoms with van der Waals surface area (Å²) in [6, 6.07) is 22.8. The Bertz CT molecular complexity index is 1610. The second-order valence-electron chi connectivity index (χ2n) is 9.00. The van der Waals surface area contributed by atoms with Gasteiger partial charge in [0.1, 0.15) is 6.54 Å². The maximum absolute atomic E-state index is 13.5. The summed E-state index contributed by atoms with van der Waals surface area (Å²) in [5.74, 6) is -0.570. The number of amides is 1. The number of anilines is 1. The van der Waals surface area contributed by atoms with Gasteiger partial charge in [-0.3, -0.25) is 9.10 Å². The van der Waals surface area contributed by atoms with E-state index in [9.17, 15) is 13.2 Å². The number of aryl methyl sites for hydroxylation is 3. The van der Waals surface area contributed by atoms with Crippen molar-refractivity contribution < 1.29 is 13.2 Å². The van der Waals surface area contributed by atoms with Crippen LogP contribution in [0.15, 0.2) is 88.9 Å². The molecule has 1 N–H and O–H groups in total. The fraction of sp³-hybridized carbons (Fsp3) is 0.172. The number of para-hydroxylation sites is 1. The molecule has 3 aromatic carbocycles. The van der Waals surface area contributed by atoms with Gasteiger partial charge in [-0.1, -0.05) is 48.0 Å². The molecular weight excluding hydrogens is 520 g/mol. The number of benzene rings is 3. The van der Waals surface area contributed by atoms with Crippen molar-refractivity contribution >= 4 is 39.4 Å². The molecule has 4 aromatic rings. The Hall–Kier alpha value is -3.88. The highest BCUT2D eigenvalue weighted by molar-refractivity contribution is 7.92. The van der Waals surface area contributed by atoms with Gasteiger partial charge in [0, 0.05) is 17.0 Å². The highest BCUT2D eigenvalue weighted by Gasteiger charge is 2.27. The van der Waals surface area contributed by atoms with Gasteiger partial charge in [-0.25, -0.2) is 13.8 Å². The number of nitrogens with zero attached hydrogens (tertiary/aromatic N) is 3. The Labute approximate surface area is 228 Å². The highest BCUT2D eigenvalue weighted by Crippen LogP contribution is 2.27. The van der Waals surface area contributed by atoms with Gasteiger partial charge >= 0.3 is 0 Å². The third-order valence-corrected chi connectivity index (χ3v) is 8.46. The van der Waals surface area contributed by atoms with Gasteiger partial charge in [0.2, 0.25) is 0 Å². The highest BCUT2D eigenvalue weighted by atomic mass is 35.5. The van der Waals surface area contributed by atoms with Crippen molar-refractivity contribution in [2.45, 2.75) is 32.6 Å². The van der Waals surface area contributed by atoms with E-state index in [-0.39, 0.29) is 4.90 Å². The molecule has 7 nitrogen and oxygen atoms in total. The number of nitrogens with one attached hydrogen (secondary N) is 1. The molecule has 0 aliphatic rings. The van der Waals surface area contributed by atoms with E-state index in [2.05, 4.69) is 10.5 Å². The van der Waals surface area contributed by atoms with Crippen LogP contribution in [0.3, 0.4) is 0 Å². The molecule has 0 aliphatic carbocycles. The number of hydrogen-bond acceptors (Lipinski definition) is 4. The maximum atomic E-state index is 13.5. The van der Waals surface area contributed by atoms with E-state index in [1.54, 1.807) is 36.5 Å². The summed E-state index contributed by atoms with van der Waals surface area (Å²) in [5.41, 5.74) is 8.32. The van der Waals surface area contributed by atoms with Gasteiger partial charge in [-0.2, -0.15) is 5.10 Å². The lowest BCUT2D eigenvalue weighted by Gasteiger charge is -2.24. The molecule has 196 valence electrons. The zero-order valence-corrected chi connectivity index (χ0v) is 23.2. The predicted octanol–water partition coefficient (Wildman–Crippen LogP) is 5.71. The fourth-order valence-corrected chi connectivity index (χ4v) is 5.83. The smallest absolute Gasteiger partial charge is 0.264 e. The number of halogens is 1. The first-order valence-electron chi connectivity index (χ1n) is 12.0. The Morgan fingerprint density at radius 1 is 0.947 bits per heavy atom. The third-order valence-electron chi connectivity index (χ3n) is 6.35. The minimum atomic E-state index is -3.99. The standard InChI is InChI=1S/C29H29ClN4O3S/c1-20-14-15-25(16-21(20)2)33(38(36,37)26-10-6-5-7-11-26)19-29(35)32-31-18-24-17-22(3)34(23(24)4)28-13-9-8-12-27(28)30/h5-18H,19H2,1-4H3,(H,32,35)/b31-18-. The van der Waals surface area contributed by atoms with Gasteiger partial charge in [-0.15, -0.1) is 0 Å². The summed E-state index contributed by atoms with van der Waals surface area (Å²) in [6.07, 6.45) is 1.54. The van der Waals surface area contributed by atoms with Gasteiger partial charge < -0.3 is 4.57 Å². The zero-order chi connectivity index (χ0) is 27.4. The Kier molecular flexibility index (Phi) is 8.04. The Morgan fingerprint density at radius 2 is 1.63 bits per heavy atom. The first-order chi connectivity index (χ1) is 18.1. The van der Waals surface area contributed by atoms with Crippen LogP contribution in [0.25, 0.3) is 5.69 Å². The second-order valence-corrected chi connectivity index (χ2v) is 11.3. The minimum absolute atomic E-state index is 0.0986. The lowest BCUT2D eigenvalue weighted by molar-refractivity contribution is -0.119. The predicted molar refractivity (Wildman–Crippen MR) is 153 cm³/mol. The van der Waals surface area contributed by atoms with Crippen LogP contribution in [-0.2, 0) is 14.8 Å². The molecule has 38 heavy (non-hydrogen) atoms. The van der Waals surface area contributed by atoms with Crippen molar-refractivity contribution in [2.24, 2.45) is 5.10 Å². The lowest BCUT2D eigenvalue weighted by atomic mass is 10.1. The molecule has 0 bridgehead atoms. The lowest BCUT2D eigenvalue weighted by Crippen LogP contribution is -2.39. The van der Waals surface area contributed by atoms with Crippen LogP contribution in [0.2, 0.25) is 5.02 Å². The van der Waals surface area contributed by atoms with E-state index < -0.39 is 22.5 Å². The van der Waals surface area contributed by atoms with Crippen molar-refractivity contribution in [3.05, 3.63) is 112 Å². The summed E-state index contributed by atoms with van der Waals surface area (Å²) >= 11 is 6.39. The molecule has 9 heteroatoms. The number of rotatable bonds is 8. The number of carbonyl (C=O) groups excluding carboxylic acids is 1. The number of hydrazone groups is 1. The van der Waals surface area contributed by atoms with E-state index in [1.807, 2.05) is 68.7 Å². The molecule has 0 saturated carbocycles. The van der Waals surface area contributed by atoms with Crippen molar-refractivity contribution in [3.8, 4) is 5.69 Å². The van der Waals surface area contributed by atoms with Crippen LogP contribution in [0.5, 0.6) is 0 Å². The summed E-state index contributed by atoms with van der Waals surface area (Å²) in [5, 5.41) is 4.74. The molecule has 4 rings (SSSR count). The molecule has 0 saturated heterocycles. The van der Waals surface area contributed by atoms with Gasteiger partial charge in [0.25, 0.3) is 15.9 Å². The average molecular weight is 549 g/mol. The van der Waals surface area contributed by atoms with Crippen molar-refractivity contribution in [3.63, 3.8) is 0 Å². The quantitative estimate of drug-likeness (QED) is 0.226. The zero-order valence-electron chi connectivity index (χ0n) is 21.6. The Morgan fingerprint density at radius 3 is 2.32 bits per heavy atom. The van der Waals surface area contributed by atoms with E-state index in [4.69, 9.17) is 11.6 Å². The second kappa shape index (κ2) is 11.2. The Balaban J connectivity index is 1.57.